The summed E-state index contributed by atoms with van der Waals surface area (Å²) in [5.41, 5.74) is 0.164. The lowest BCUT2D eigenvalue weighted by atomic mass is 9.62. The Morgan fingerprint density at radius 3 is 2.80 bits per heavy atom. The number of carbonyl (C=O) groups is 1. The molecule has 1 atom stereocenters. The van der Waals surface area contributed by atoms with Crippen LogP contribution in [0.2, 0.25) is 0 Å². The molecular formula is C15H22N4O. The second-order valence-corrected chi connectivity index (χ2v) is 5.99. The minimum absolute atomic E-state index is 0.0895. The lowest BCUT2D eigenvalue weighted by molar-refractivity contribution is -0.129. The predicted octanol–water partition coefficient (Wildman–Crippen LogP) is 1.61. The fourth-order valence-electron chi connectivity index (χ4n) is 3.45. The Kier molecular flexibility index (Phi) is 3.59. The van der Waals surface area contributed by atoms with Crippen LogP contribution in [0.4, 0.5) is 5.95 Å². The summed E-state index contributed by atoms with van der Waals surface area (Å²) in [5.74, 6) is 1.06. The van der Waals surface area contributed by atoms with Gasteiger partial charge in [-0.2, -0.15) is 0 Å². The van der Waals surface area contributed by atoms with Gasteiger partial charge >= 0.3 is 0 Å². The van der Waals surface area contributed by atoms with Crippen LogP contribution in [0.1, 0.15) is 32.6 Å². The number of rotatable bonds is 4. The number of nitrogens with zero attached hydrogens (tertiary/aromatic N) is 3. The summed E-state index contributed by atoms with van der Waals surface area (Å²) in [7, 11) is 0. The van der Waals surface area contributed by atoms with Gasteiger partial charge in [0.2, 0.25) is 11.9 Å². The van der Waals surface area contributed by atoms with Gasteiger partial charge in [0.15, 0.2) is 0 Å². The highest BCUT2D eigenvalue weighted by Gasteiger charge is 2.53. The van der Waals surface area contributed by atoms with Crippen molar-refractivity contribution in [1.82, 2.24) is 15.3 Å². The first kappa shape index (κ1) is 13.3. The third-order valence-corrected chi connectivity index (χ3v) is 4.70. The van der Waals surface area contributed by atoms with Crippen molar-refractivity contribution in [3.63, 3.8) is 0 Å². The molecule has 1 unspecified atom stereocenters. The third-order valence-electron chi connectivity index (χ3n) is 4.70. The Morgan fingerprint density at radius 2 is 2.20 bits per heavy atom. The average molecular weight is 274 g/mol. The largest absolute Gasteiger partial charge is 0.356 e. The number of amides is 1. The molecule has 1 aromatic rings. The lowest BCUT2D eigenvalue weighted by Crippen LogP contribution is -2.45. The Bertz CT molecular complexity index is 472. The van der Waals surface area contributed by atoms with Crippen molar-refractivity contribution < 1.29 is 4.79 Å². The number of hydrogen-bond donors (Lipinski definition) is 1. The Hall–Kier alpha value is -1.65. The Balaban J connectivity index is 1.75. The van der Waals surface area contributed by atoms with Crippen LogP contribution >= 0.6 is 0 Å². The van der Waals surface area contributed by atoms with E-state index in [1.165, 1.54) is 6.42 Å². The summed E-state index contributed by atoms with van der Waals surface area (Å²) in [6, 6.07) is 1.82. The van der Waals surface area contributed by atoms with E-state index in [9.17, 15) is 4.79 Å². The van der Waals surface area contributed by atoms with Crippen molar-refractivity contribution in [2.75, 3.05) is 24.5 Å². The van der Waals surface area contributed by atoms with Crippen LogP contribution in [0, 0.1) is 11.3 Å². The molecule has 1 aliphatic heterocycles. The zero-order chi connectivity index (χ0) is 14.0. The van der Waals surface area contributed by atoms with Crippen molar-refractivity contribution in [3.05, 3.63) is 18.5 Å². The van der Waals surface area contributed by atoms with Gasteiger partial charge in [0.05, 0.1) is 5.92 Å². The van der Waals surface area contributed by atoms with Gasteiger partial charge in [-0.1, -0.05) is 13.3 Å². The fraction of sp³-hybridized carbons (Fsp3) is 0.667. The molecule has 2 fully saturated rings. The van der Waals surface area contributed by atoms with Gasteiger partial charge in [-0.15, -0.1) is 0 Å². The van der Waals surface area contributed by atoms with Crippen molar-refractivity contribution >= 4 is 11.9 Å². The van der Waals surface area contributed by atoms with E-state index in [0.29, 0.717) is 0 Å². The summed E-state index contributed by atoms with van der Waals surface area (Å²) in [6.45, 7) is 4.52. The highest BCUT2D eigenvalue weighted by atomic mass is 16.2. The first-order chi connectivity index (χ1) is 9.75. The van der Waals surface area contributed by atoms with E-state index >= 15 is 0 Å². The summed E-state index contributed by atoms with van der Waals surface area (Å²) in [6.07, 6.45) is 8.06. The maximum absolute atomic E-state index is 12.4. The van der Waals surface area contributed by atoms with Crippen molar-refractivity contribution in [1.29, 1.82) is 0 Å². The van der Waals surface area contributed by atoms with Gasteiger partial charge in [0.1, 0.15) is 0 Å². The highest BCUT2D eigenvalue weighted by molar-refractivity contribution is 5.81. The quantitative estimate of drug-likeness (QED) is 0.906. The van der Waals surface area contributed by atoms with Crippen LogP contribution in [0.15, 0.2) is 18.5 Å². The van der Waals surface area contributed by atoms with E-state index < -0.39 is 0 Å². The summed E-state index contributed by atoms with van der Waals surface area (Å²) in [4.78, 5) is 23.2. The normalized spacial score (nSPS) is 23.6. The number of hydrogen-bond acceptors (Lipinski definition) is 4. The number of aromatic nitrogens is 2. The maximum Gasteiger partial charge on any atom is 0.225 e. The SMILES string of the molecule is CCCNC(=O)C1CN(c2ncccn2)CC12CCC2. The molecule has 3 rings (SSSR count). The van der Waals surface area contributed by atoms with Gasteiger partial charge in [0.25, 0.3) is 0 Å². The molecule has 2 aliphatic rings. The van der Waals surface area contributed by atoms with E-state index in [1.807, 2.05) is 6.07 Å². The minimum atomic E-state index is 0.0895. The molecule has 1 aliphatic carbocycles. The molecule has 1 aromatic heterocycles. The van der Waals surface area contributed by atoms with Crippen molar-refractivity contribution in [2.24, 2.45) is 11.3 Å². The van der Waals surface area contributed by atoms with Gasteiger partial charge in [-0.05, 0) is 25.3 Å². The number of carbonyl (C=O) groups excluding carboxylic acids is 1. The highest BCUT2D eigenvalue weighted by Crippen LogP contribution is 2.52. The Labute approximate surface area is 119 Å². The molecule has 20 heavy (non-hydrogen) atoms. The number of nitrogens with one attached hydrogen (secondary N) is 1. The van der Waals surface area contributed by atoms with Gasteiger partial charge in [-0.3, -0.25) is 4.79 Å². The average Bonchev–Trinajstić information content (AvgIpc) is 2.86. The maximum atomic E-state index is 12.4. The molecule has 1 N–H and O–H groups in total. The van der Waals surface area contributed by atoms with Crippen LogP contribution in [-0.4, -0.2) is 35.5 Å². The standard InChI is InChI=1S/C15H22N4O/c1-2-7-16-13(20)12-10-19(11-15(12)5-3-6-15)14-17-8-4-9-18-14/h4,8-9,12H,2-3,5-7,10-11H2,1H3,(H,16,20). The molecule has 5 nitrogen and oxygen atoms in total. The monoisotopic (exact) mass is 274 g/mol. The summed E-state index contributed by atoms with van der Waals surface area (Å²) >= 11 is 0. The molecule has 0 aromatic carbocycles. The second kappa shape index (κ2) is 5.38. The zero-order valence-corrected chi connectivity index (χ0v) is 12.0. The lowest BCUT2D eigenvalue weighted by Gasteiger charge is -2.41. The molecular weight excluding hydrogens is 252 g/mol. The van der Waals surface area contributed by atoms with E-state index in [2.05, 4.69) is 27.1 Å². The van der Waals surface area contributed by atoms with Crippen LogP contribution < -0.4 is 10.2 Å². The van der Waals surface area contributed by atoms with Crippen LogP contribution in [0.5, 0.6) is 0 Å². The predicted molar refractivity (Wildman–Crippen MR) is 77.3 cm³/mol. The van der Waals surface area contributed by atoms with E-state index in [1.54, 1.807) is 12.4 Å². The van der Waals surface area contributed by atoms with Crippen molar-refractivity contribution in [3.8, 4) is 0 Å². The second-order valence-electron chi connectivity index (χ2n) is 5.99. The van der Waals surface area contributed by atoms with Gasteiger partial charge in [-0.25, -0.2) is 9.97 Å². The molecule has 1 amide bonds. The van der Waals surface area contributed by atoms with Crippen LogP contribution in [0.25, 0.3) is 0 Å². The Morgan fingerprint density at radius 1 is 1.45 bits per heavy atom. The molecule has 5 heteroatoms. The molecule has 0 radical (unpaired) electrons. The third kappa shape index (κ3) is 2.25. The minimum Gasteiger partial charge on any atom is -0.356 e. The molecule has 1 saturated heterocycles. The summed E-state index contributed by atoms with van der Waals surface area (Å²) in [5, 5.41) is 3.06. The van der Waals surface area contributed by atoms with E-state index in [0.717, 1.165) is 44.8 Å². The fourth-order valence-corrected chi connectivity index (χ4v) is 3.45. The van der Waals surface area contributed by atoms with Crippen LogP contribution in [0.3, 0.4) is 0 Å². The molecule has 2 heterocycles. The molecule has 1 saturated carbocycles. The summed E-state index contributed by atoms with van der Waals surface area (Å²) < 4.78 is 0. The smallest absolute Gasteiger partial charge is 0.225 e. The van der Waals surface area contributed by atoms with Gasteiger partial charge in [0, 0.05) is 37.4 Å². The van der Waals surface area contributed by atoms with E-state index in [4.69, 9.17) is 0 Å². The topological polar surface area (TPSA) is 58.1 Å². The molecule has 1 spiro atoms. The molecule has 108 valence electrons. The molecule has 0 bridgehead atoms. The first-order valence-electron chi connectivity index (χ1n) is 7.55. The van der Waals surface area contributed by atoms with Crippen molar-refractivity contribution in [2.45, 2.75) is 32.6 Å². The van der Waals surface area contributed by atoms with Crippen LogP contribution in [-0.2, 0) is 4.79 Å². The van der Waals surface area contributed by atoms with E-state index in [-0.39, 0.29) is 17.2 Å². The first-order valence-corrected chi connectivity index (χ1v) is 7.55. The van der Waals surface area contributed by atoms with Gasteiger partial charge < -0.3 is 10.2 Å². The number of anilines is 1. The zero-order valence-electron chi connectivity index (χ0n) is 12.0.